The first-order valence-corrected chi connectivity index (χ1v) is 6.94. The van der Waals surface area contributed by atoms with Crippen molar-refractivity contribution in [1.82, 2.24) is 4.57 Å². The van der Waals surface area contributed by atoms with Gasteiger partial charge in [-0.1, -0.05) is 19.1 Å². The minimum absolute atomic E-state index is 0.329. The summed E-state index contributed by atoms with van der Waals surface area (Å²) in [5.74, 6) is -0.213. The van der Waals surface area contributed by atoms with E-state index in [4.69, 9.17) is 5.11 Å². The molecule has 19 heavy (non-hydrogen) atoms. The number of aromatic nitrogens is 1. The lowest BCUT2D eigenvalue weighted by atomic mass is 10.0. The molecule has 1 fully saturated rings. The van der Waals surface area contributed by atoms with Crippen molar-refractivity contribution in [2.24, 2.45) is 11.8 Å². The first kappa shape index (κ1) is 12.3. The number of nitrogens with zero attached hydrogens (tertiary/aromatic N) is 1. The van der Waals surface area contributed by atoms with Crippen LogP contribution in [-0.2, 0) is 17.8 Å². The van der Waals surface area contributed by atoms with Crippen LogP contribution in [0.3, 0.4) is 0 Å². The highest BCUT2D eigenvalue weighted by Gasteiger charge is 2.22. The molecule has 1 aromatic heterocycles. The fraction of sp³-hybridized carbons (Fsp3) is 0.438. The van der Waals surface area contributed by atoms with Crippen LogP contribution >= 0.6 is 0 Å². The van der Waals surface area contributed by atoms with Gasteiger partial charge in [-0.15, -0.1) is 0 Å². The van der Waals surface area contributed by atoms with Crippen molar-refractivity contribution in [1.29, 1.82) is 0 Å². The van der Waals surface area contributed by atoms with Crippen molar-refractivity contribution in [2.45, 2.75) is 32.7 Å². The first-order valence-electron chi connectivity index (χ1n) is 6.94. The van der Waals surface area contributed by atoms with E-state index in [9.17, 15) is 4.79 Å². The molecule has 3 heteroatoms. The Morgan fingerprint density at radius 1 is 1.42 bits per heavy atom. The minimum Gasteiger partial charge on any atom is -0.481 e. The van der Waals surface area contributed by atoms with Crippen molar-refractivity contribution in [2.75, 3.05) is 0 Å². The minimum atomic E-state index is -0.728. The highest BCUT2D eigenvalue weighted by molar-refractivity contribution is 5.81. The van der Waals surface area contributed by atoms with Crippen molar-refractivity contribution in [3.05, 3.63) is 36.0 Å². The first-order chi connectivity index (χ1) is 9.13. The van der Waals surface area contributed by atoms with Crippen molar-refractivity contribution in [3.8, 4) is 0 Å². The Bertz CT molecular complexity index is 610. The largest absolute Gasteiger partial charge is 0.481 e. The van der Waals surface area contributed by atoms with Crippen molar-refractivity contribution in [3.63, 3.8) is 0 Å². The highest BCUT2D eigenvalue weighted by Crippen LogP contribution is 2.32. The van der Waals surface area contributed by atoms with Gasteiger partial charge in [0.25, 0.3) is 0 Å². The molecule has 1 saturated carbocycles. The molecule has 1 heterocycles. The monoisotopic (exact) mass is 257 g/mol. The van der Waals surface area contributed by atoms with Crippen LogP contribution in [0.5, 0.6) is 0 Å². The fourth-order valence-corrected chi connectivity index (χ4v) is 2.54. The normalized spacial score (nSPS) is 16.7. The molecular weight excluding hydrogens is 238 g/mol. The third-order valence-electron chi connectivity index (χ3n) is 3.95. The average molecular weight is 257 g/mol. The van der Waals surface area contributed by atoms with Gasteiger partial charge < -0.3 is 9.67 Å². The summed E-state index contributed by atoms with van der Waals surface area (Å²) in [4.78, 5) is 10.9. The predicted molar refractivity (Wildman–Crippen MR) is 75.2 cm³/mol. The lowest BCUT2D eigenvalue weighted by molar-refractivity contribution is -0.141. The topological polar surface area (TPSA) is 42.2 Å². The molecule has 0 saturated heterocycles. The van der Waals surface area contributed by atoms with Crippen LogP contribution in [0.25, 0.3) is 10.9 Å². The molecule has 0 spiro atoms. The summed E-state index contributed by atoms with van der Waals surface area (Å²) in [6.07, 6.45) is 5.43. The maximum atomic E-state index is 10.9. The number of rotatable bonds is 5. The van der Waals surface area contributed by atoms with Crippen LogP contribution in [0.1, 0.15) is 25.3 Å². The van der Waals surface area contributed by atoms with E-state index >= 15 is 0 Å². The van der Waals surface area contributed by atoms with Gasteiger partial charge in [0.05, 0.1) is 5.92 Å². The molecule has 2 aromatic rings. The van der Waals surface area contributed by atoms with Crippen LogP contribution in [0.4, 0.5) is 0 Å². The summed E-state index contributed by atoms with van der Waals surface area (Å²) in [6.45, 7) is 2.86. The zero-order valence-electron chi connectivity index (χ0n) is 11.2. The summed E-state index contributed by atoms with van der Waals surface area (Å²) in [5, 5.41) is 10.2. The molecule has 0 radical (unpaired) electrons. The van der Waals surface area contributed by atoms with Crippen LogP contribution < -0.4 is 0 Å². The summed E-state index contributed by atoms with van der Waals surface area (Å²) in [6, 6.07) is 8.44. The van der Waals surface area contributed by atoms with Gasteiger partial charge in [0.1, 0.15) is 0 Å². The Kier molecular flexibility index (Phi) is 3.05. The van der Waals surface area contributed by atoms with E-state index in [1.165, 1.54) is 23.7 Å². The molecule has 0 aliphatic heterocycles. The van der Waals surface area contributed by atoms with E-state index < -0.39 is 5.97 Å². The van der Waals surface area contributed by atoms with Crippen LogP contribution in [0.2, 0.25) is 0 Å². The lowest BCUT2D eigenvalue weighted by Gasteiger charge is -2.08. The van der Waals surface area contributed by atoms with E-state index in [0.717, 1.165) is 18.0 Å². The predicted octanol–water partition coefficient (Wildman–Crippen LogP) is 3.31. The smallest absolute Gasteiger partial charge is 0.306 e. The maximum Gasteiger partial charge on any atom is 0.306 e. The summed E-state index contributed by atoms with van der Waals surface area (Å²) >= 11 is 0. The van der Waals surface area contributed by atoms with Gasteiger partial charge in [0.2, 0.25) is 0 Å². The molecule has 1 aliphatic rings. The Morgan fingerprint density at radius 3 is 2.89 bits per heavy atom. The highest BCUT2D eigenvalue weighted by atomic mass is 16.4. The summed E-state index contributed by atoms with van der Waals surface area (Å²) < 4.78 is 2.31. The second-order valence-corrected chi connectivity index (χ2v) is 5.75. The molecule has 3 nitrogen and oxygen atoms in total. The van der Waals surface area contributed by atoms with Crippen LogP contribution in [0, 0.1) is 11.8 Å². The number of benzene rings is 1. The number of hydrogen-bond donors (Lipinski definition) is 1. The van der Waals surface area contributed by atoms with Gasteiger partial charge in [0, 0.05) is 18.3 Å². The third kappa shape index (κ3) is 2.65. The van der Waals surface area contributed by atoms with Gasteiger partial charge in [-0.2, -0.15) is 0 Å². The zero-order chi connectivity index (χ0) is 13.4. The van der Waals surface area contributed by atoms with E-state index in [0.29, 0.717) is 6.42 Å². The van der Waals surface area contributed by atoms with Gasteiger partial charge in [-0.05, 0) is 48.3 Å². The van der Waals surface area contributed by atoms with Crippen LogP contribution in [-0.4, -0.2) is 15.6 Å². The number of carboxylic acids is 1. The van der Waals surface area contributed by atoms with E-state index in [1.807, 2.05) is 6.07 Å². The molecule has 100 valence electrons. The SMILES string of the molecule is CC(Cc1ccc2ccn(CC3CC3)c2c1)C(=O)O. The molecule has 1 aliphatic carbocycles. The second kappa shape index (κ2) is 4.72. The van der Waals surface area contributed by atoms with Gasteiger partial charge in [0.15, 0.2) is 0 Å². The Labute approximate surface area is 112 Å². The van der Waals surface area contributed by atoms with Gasteiger partial charge in [-0.25, -0.2) is 0 Å². The van der Waals surface area contributed by atoms with Crippen molar-refractivity contribution < 1.29 is 9.90 Å². The van der Waals surface area contributed by atoms with Gasteiger partial charge in [-0.3, -0.25) is 4.79 Å². The fourth-order valence-electron chi connectivity index (χ4n) is 2.54. The standard InChI is InChI=1S/C16H19NO2/c1-11(16(18)19)8-13-4-5-14-6-7-17(15(14)9-13)10-12-2-3-12/h4-7,9,11-12H,2-3,8,10H2,1H3,(H,18,19). The zero-order valence-corrected chi connectivity index (χ0v) is 11.2. The van der Waals surface area contributed by atoms with E-state index in [2.05, 4.69) is 29.0 Å². The Balaban J connectivity index is 1.87. The molecular formula is C16H19NO2. The van der Waals surface area contributed by atoms with E-state index in [1.54, 1.807) is 6.92 Å². The molecule has 1 N–H and O–H groups in total. The molecule has 1 aromatic carbocycles. The second-order valence-electron chi connectivity index (χ2n) is 5.75. The molecule has 3 rings (SSSR count). The van der Waals surface area contributed by atoms with Gasteiger partial charge >= 0.3 is 5.97 Å². The maximum absolute atomic E-state index is 10.9. The number of hydrogen-bond acceptors (Lipinski definition) is 1. The van der Waals surface area contributed by atoms with Crippen LogP contribution in [0.15, 0.2) is 30.5 Å². The lowest BCUT2D eigenvalue weighted by Crippen LogP contribution is -2.12. The number of carboxylic acid groups (broad SMARTS) is 1. The number of aliphatic carboxylic acids is 1. The molecule has 1 unspecified atom stereocenters. The quantitative estimate of drug-likeness (QED) is 0.892. The number of fused-ring (bicyclic) bond motifs is 1. The number of carbonyl (C=O) groups is 1. The third-order valence-corrected chi connectivity index (χ3v) is 3.95. The molecule has 1 atom stereocenters. The molecule has 0 bridgehead atoms. The summed E-state index contributed by atoms with van der Waals surface area (Å²) in [7, 11) is 0. The van der Waals surface area contributed by atoms with Crippen molar-refractivity contribution >= 4 is 16.9 Å². The Hall–Kier alpha value is -1.77. The molecule has 0 amide bonds. The van der Waals surface area contributed by atoms with E-state index in [-0.39, 0.29) is 5.92 Å². The summed E-state index contributed by atoms with van der Waals surface area (Å²) in [5.41, 5.74) is 2.35. The average Bonchev–Trinajstić information content (AvgIpc) is 3.11. The Morgan fingerprint density at radius 2 is 2.21 bits per heavy atom.